The van der Waals surface area contributed by atoms with Crippen molar-refractivity contribution in [2.45, 2.75) is 86.0 Å². The van der Waals surface area contributed by atoms with Crippen molar-refractivity contribution in [3.05, 3.63) is 35.4 Å². The van der Waals surface area contributed by atoms with Gasteiger partial charge in [0.1, 0.15) is 17.7 Å². The van der Waals surface area contributed by atoms with E-state index in [-0.39, 0.29) is 23.8 Å². The van der Waals surface area contributed by atoms with Crippen molar-refractivity contribution in [2.24, 2.45) is 5.92 Å². The number of amides is 3. The molecule has 3 amide bonds. The topological polar surface area (TPSA) is 87.7 Å². The second-order valence-corrected chi connectivity index (χ2v) is 9.47. The Hall–Kier alpha value is -2.57. The summed E-state index contributed by atoms with van der Waals surface area (Å²) in [5.41, 5.74) is 1.10. The molecule has 0 bridgehead atoms. The molecule has 0 spiro atoms. The molecule has 1 aromatic carbocycles. The molecule has 0 aromatic heterocycles. The van der Waals surface area contributed by atoms with Gasteiger partial charge in [0.15, 0.2) is 0 Å². The van der Waals surface area contributed by atoms with Crippen LogP contribution in [0.15, 0.2) is 24.3 Å². The Labute approximate surface area is 186 Å². The number of nitrogens with one attached hydrogen (secondary N) is 2. The summed E-state index contributed by atoms with van der Waals surface area (Å²) < 4.78 is 5.34. The third kappa shape index (κ3) is 8.23. The van der Waals surface area contributed by atoms with Crippen molar-refractivity contribution in [3.63, 3.8) is 0 Å². The Bertz CT molecular complexity index is 751. The van der Waals surface area contributed by atoms with Crippen LogP contribution in [0, 0.1) is 12.8 Å². The van der Waals surface area contributed by atoms with Gasteiger partial charge in [0.25, 0.3) is 0 Å². The van der Waals surface area contributed by atoms with Gasteiger partial charge in [0, 0.05) is 12.6 Å². The quantitative estimate of drug-likeness (QED) is 0.650. The number of alkyl carbamates (subject to hydrolysis) is 1. The second kappa shape index (κ2) is 11.2. The minimum atomic E-state index is -0.824. The number of likely N-dealkylation sites (N-methyl/N-ethyl adjacent to an activating group) is 1. The van der Waals surface area contributed by atoms with Crippen molar-refractivity contribution in [1.29, 1.82) is 0 Å². The Balaban J connectivity index is 3.29. The smallest absolute Gasteiger partial charge is 0.408 e. The van der Waals surface area contributed by atoms with Crippen molar-refractivity contribution >= 4 is 17.9 Å². The Morgan fingerprint density at radius 3 is 1.97 bits per heavy atom. The van der Waals surface area contributed by atoms with E-state index in [1.165, 1.54) is 4.90 Å². The molecule has 0 radical (unpaired) electrons. The van der Waals surface area contributed by atoms with Gasteiger partial charge in [-0.25, -0.2) is 4.79 Å². The largest absolute Gasteiger partial charge is 0.444 e. The molecule has 0 aliphatic carbocycles. The predicted molar refractivity (Wildman–Crippen MR) is 123 cm³/mol. The van der Waals surface area contributed by atoms with Gasteiger partial charge in [-0.15, -0.1) is 0 Å². The lowest BCUT2D eigenvalue weighted by Crippen LogP contribution is -2.55. The summed E-state index contributed by atoms with van der Waals surface area (Å²) in [6, 6.07) is 5.86. The van der Waals surface area contributed by atoms with Crippen LogP contribution in [0.2, 0.25) is 0 Å². The minimum Gasteiger partial charge on any atom is -0.444 e. The molecule has 2 N–H and O–H groups in total. The number of rotatable bonds is 8. The van der Waals surface area contributed by atoms with Gasteiger partial charge in [-0.05, 0) is 59.9 Å². The summed E-state index contributed by atoms with van der Waals surface area (Å²) in [5, 5.41) is 5.62. The molecule has 7 nitrogen and oxygen atoms in total. The predicted octanol–water partition coefficient (Wildman–Crippen LogP) is 3.96. The van der Waals surface area contributed by atoms with Gasteiger partial charge in [-0.1, -0.05) is 43.7 Å². The first-order valence-electron chi connectivity index (χ1n) is 10.9. The van der Waals surface area contributed by atoms with Crippen LogP contribution in [0.5, 0.6) is 0 Å². The van der Waals surface area contributed by atoms with Crippen LogP contribution < -0.4 is 10.6 Å². The monoisotopic (exact) mass is 433 g/mol. The van der Waals surface area contributed by atoms with Crippen LogP contribution in [0.1, 0.15) is 72.6 Å². The van der Waals surface area contributed by atoms with E-state index < -0.39 is 23.8 Å². The zero-order valence-electron chi connectivity index (χ0n) is 20.4. The maximum Gasteiger partial charge on any atom is 0.408 e. The second-order valence-electron chi connectivity index (χ2n) is 9.47. The number of hydrogen-bond acceptors (Lipinski definition) is 4. The number of hydrogen-bond donors (Lipinski definition) is 2. The summed E-state index contributed by atoms with van der Waals surface area (Å²) in [5.74, 6) is -0.775. The summed E-state index contributed by atoms with van der Waals surface area (Å²) in [4.78, 5) is 40.6. The maximum absolute atomic E-state index is 13.6. The van der Waals surface area contributed by atoms with E-state index in [0.29, 0.717) is 6.54 Å². The van der Waals surface area contributed by atoms with E-state index >= 15 is 0 Å². The summed E-state index contributed by atoms with van der Waals surface area (Å²) in [6.07, 6.45) is -0.658. The van der Waals surface area contributed by atoms with E-state index in [0.717, 1.165) is 11.1 Å². The van der Waals surface area contributed by atoms with Crippen molar-refractivity contribution < 1.29 is 19.1 Å². The summed E-state index contributed by atoms with van der Waals surface area (Å²) >= 11 is 0. The number of aryl methyl sites for hydroxylation is 1. The van der Waals surface area contributed by atoms with Gasteiger partial charge >= 0.3 is 6.09 Å². The molecule has 0 aliphatic rings. The van der Waals surface area contributed by atoms with Gasteiger partial charge in [0.05, 0.1) is 0 Å². The van der Waals surface area contributed by atoms with E-state index in [9.17, 15) is 14.4 Å². The minimum absolute atomic E-state index is 0.0740. The lowest BCUT2D eigenvalue weighted by atomic mass is 9.98. The SMILES string of the molecule is CCN(C(=O)C(NC(=O)OC(C)(C)C)C(C)C)C(C(=O)NC(C)C)c1ccc(C)cc1. The van der Waals surface area contributed by atoms with E-state index in [4.69, 9.17) is 4.74 Å². The fourth-order valence-electron chi connectivity index (χ4n) is 3.18. The van der Waals surface area contributed by atoms with Crippen LogP contribution in [-0.4, -0.2) is 47.0 Å². The molecule has 1 rings (SSSR count). The number of carbonyl (C=O) groups excluding carboxylic acids is 3. The van der Waals surface area contributed by atoms with Gasteiger partial charge in [-0.3, -0.25) is 9.59 Å². The maximum atomic E-state index is 13.6. The highest BCUT2D eigenvalue weighted by Crippen LogP contribution is 2.24. The summed E-state index contributed by atoms with van der Waals surface area (Å²) in [6.45, 7) is 16.9. The first kappa shape index (κ1) is 26.5. The molecule has 2 unspecified atom stereocenters. The molecule has 0 aliphatic heterocycles. The Morgan fingerprint density at radius 2 is 1.55 bits per heavy atom. The average molecular weight is 434 g/mol. The first-order valence-corrected chi connectivity index (χ1v) is 10.9. The van der Waals surface area contributed by atoms with Crippen LogP contribution in [0.25, 0.3) is 0 Å². The Kier molecular flexibility index (Phi) is 9.53. The highest BCUT2D eigenvalue weighted by Gasteiger charge is 2.36. The van der Waals surface area contributed by atoms with Crippen molar-refractivity contribution in [3.8, 4) is 0 Å². The first-order chi connectivity index (χ1) is 14.3. The molecular weight excluding hydrogens is 394 g/mol. The third-order valence-corrected chi connectivity index (χ3v) is 4.61. The number of ether oxygens (including phenoxy) is 1. The van der Waals surface area contributed by atoms with Gasteiger partial charge in [0.2, 0.25) is 11.8 Å². The molecule has 0 heterocycles. The molecule has 7 heteroatoms. The van der Waals surface area contributed by atoms with E-state index in [2.05, 4.69) is 10.6 Å². The van der Waals surface area contributed by atoms with Crippen LogP contribution in [0.3, 0.4) is 0 Å². The molecule has 0 fully saturated rings. The highest BCUT2D eigenvalue weighted by atomic mass is 16.6. The molecule has 0 saturated heterocycles. The molecular formula is C24H39N3O4. The molecule has 1 aromatic rings. The number of nitrogens with zero attached hydrogens (tertiary/aromatic N) is 1. The Morgan fingerprint density at radius 1 is 1.00 bits per heavy atom. The molecule has 0 saturated carbocycles. The van der Waals surface area contributed by atoms with Crippen molar-refractivity contribution in [1.82, 2.24) is 15.5 Å². The number of benzene rings is 1. The average Bonchev–Trinajstić information content (AvgIpc) is 2.62. The lowest BCUT2D eigenvalue weighted by molar-refractivity contribution is -0.143. The fourth-order valence-corrected chi connectivity index (χ4v) is 3.18. The van der Waals surface area contributed by atoms with E-state index in [1.54, 1.807) is 20.8 Å². The lowest BCUT2D eigenvalue weighted by Gasteiger charge is -2.35. The van der Waals surface area contributed by atoms with Crippen LogP contribution in [0.4, 0.5) is 4.79 Å². The van der Waals surface area contributed by atoms with Gasteiger partial charge in [-0.2, -0.15) is 0 Å². The standard InChI is InChI=1S/C24H39N3O4/c1-10-27(22(29)19(15(2)3)26-23(30)31-24(7,8)9)20(21(28)25-16(4)5)18-13-11-17(6)12-14-18/h11-16,19-20H,10H2,1-9H3,(H,25,28)(H,26,30). The highest BCUT2D eigenvalue weighted by molar-refractivity contribution is 5.92. The number of carbonyl (C=O) groups is 3. The molecule has 2 atom stereocenters. The molecule has 31 heavy (non-hydrogen) atoms. The normalized spacial score (nSPS) is 13.5. The van der Waals surface area contributed by atoms with E-state index in [1.807, 2.05) is 65.8 Å². The van der Waals surface area contributed by atoms with Crippen LogP contribution >= 0.6 is 0 Å². The van der Waals surface area contributed by atoms with Gasteiger partial charge < -0.3 is 20.3 Å². The zero-order chi connectivity index (χ0) is 23.9. The summed E-state index contributed by atoms with van der Waals surface area (Å²) in [7, 11) is 0. The van der Waals surface area contributed by atoms with Crippen molar-refractivity contribution in [2.75, 3.05) is 6.54 Å². The van der Waals surface area contributed by atoms with Crippen LogP contribution in [-0.2, 0) is 14.3 Å². The molecule has 174 valence electrons. The third-order valence-electron chi connectivity index (χ3n) is 4.61. The fraction of sp³-hybridized carbons (Fsp3) is 0.625. The zero-order valence-corrected chi connectivity index (χ0v) is 20.4.